The van der Waals surface area contributed by atoms with Crippen molar-refractivity contribution in [1.29, 1.82) is 0 Å². The molecule has 0 atom stereocenters. The number of amides is 1. The second-order valence-corrected chi connectivity index (χ2v) is 4.65. The largest absolute Gasteiger partial charge is 0.352 e. The van der Waals surface area contributed by atoms with Gasteiger partial charge in [0.2, 0.25) is 5.91 Å². The maximum Gasteiger partial charge on any atom is 0.244 e. The summed E-state index contributed by atoms with van der Waals surface area (Å²) in [6.45, 7) is 2.70. The van der Waals surface area contributed by atoms with E-state index >= 15 is 0 Å². The summed E-state index contributed by atoms with van der Waals surface area (Å²) < 4.78 is 0. The smallest absolute Gasteiger partial charge is 0.244 e. The highest BCUT2D eigenvalue weighted by Crippen LogP contribution is 2.03. The van der Waals surface area contributed by atoms with Gasteiger partial charge in [-0.15, -0.1) is 0 Å². The minimum Gasteiger partial charge on any atom is -0.352 e. The molecule has 1 aromatic heterocycles. The molecule has 0 saturated carbocycles. The third kappa shape index (κ3) is 4.69. The molecule has 0 saturated heterocycles. The van der Waals surface area contributed by atoms with Gasteiger partial charge in [-0.2, -0.15) is 0 Å². The summed E-state index contributed by atoms with van der Waals surface area (Å²) in [7, 11) is 0. The first-order valence-electron chi connectivity index (χ1n) is 6.65. The Kier molecular flexibility index (Phi) is 5.07. The Labute approximate surface area is 119 Å². The van der Waals surface area contributed by atoms with Crippen molar-refractivity contribution in [2.45, 2.75) is 13.3 Å². The molecule has 3 nitrogen and oxygen atoms in total. The van der Waals surface area contributed by atoms with Crippen molar-refractivity contribution < 1.29 is 4.79 Å². The highest BCUT2D eigenvalue weighted by Gasteiger charge is 1.96. The normalized spacial score (nSPS) is 10.7. The van der Waals surface area contributed by atoms with Crippen LogP contribution in [0.5, 0.6) is 0 Å². The van der Waals surface area contributed by atoms with Crippen molar-refractivity contribution in [3.8, 4) is 0 Å². The minimum atomic E-state index is -0.0824. The topological polar surface area (TPSA) is 42.0 Å². The van der Waals surface area contributed by atoms with Crippen LogP contribution < -0.4 is 5.32 Å². The summed E-state index contributed by atoms with van der Waals surface area (Å²) in [6, 6.07) is 12.1. The second-order valence-electron chi connectivity index (χ2n) is 4.65. The minimum absolute atomic E-state index is 0.0824. The Hall–Kier alpha value is -2.42. The van der Waals surface area contributed by atoms with E-state index in [4.69, 9.17) is 0 Å². The van der Waals surface area contributed by atoms with Gasteiger partial charge in [0.25, 0.3) is 0 Å². The van der Waals surface area contributed by atoms with Crippen molar-refractivity contribution in [3.05, 3.63) is 71.6 Å². The quantitative estimate of drug-likeness (QED) is 0.845. The SMILES string of the molecule is Cc1ccc(CCNC(=O)/C=C/c2cccnc2)cc1. The summed E-state index contributed by atoms with van der Waals surface area (Å²) in [4.78, 5) is 15.6. The number of rotatable bonds is 5. The number of pyridine rings is 1. The molecule has 3 heteroatoms. The molecule has 0 aliphatic carbocycles. The Bertz CT molecular complexity index is 574. The second kappa shape index (κ2) is 7.24. The van der Waals surface area contributed by atoms with E-state index in [0.29, 0.717) is 6.54 Å². The maximum absolute atomic E-state index is 11.6. The lowest BCUT2D eigenvalue weighted by molar-refractivity contribution is -0.116. The van der Waals surface area contributed by atoms with Gasteiger partial charge in [0.1, 0.15) is 0 Å². The van der Waals surface area contributed by atoms with Crippen LogP contribution in [0.3, 0.4) is 0 Å². The Balaban J connectivity index is 1.75. The number of carbonyl (C=O) groups is 1. The van der Waals surface area contributed by atoms with E-state index < -0.39 is 0 Å². The number of hydrogen-bond donors (Lipinski definition) is 1. The van der Waals surface area contributed by atoms with E-state index in [0.717, 1.165) is 12.0 Å². The van der Waals surface area contributed by atoms with Gasteiger partial charge < -0.3 is 5.32 Å². The maximum atomic E-state index is 11.6. The van der Waals surface area contributed by atoms with Gasteiger partial charge >= 0.3 is 0 Å². The summed E-state index contributed by atoms with van der Waals surface area (Å²) >= 11 is 0. The lowest BCUT2D eigenvalue weighted by atomic mass is 10.1. The molecule has 1 N–H and O–H groups in total. The van der Waals surface area contributed by atoms with Crippen LogP contribution in [0, 0.1) is 6.92 Å². The number of hydrogen-bond acceptors (Lipinski definition) is 2. The van der Waals surface area contributed by atoms with Gasteiger partial charge in [0.05, 0.1) is 0 Å². The molecule has 0 bridgehead atoms. The lowest BCUT2D eigenvalue weighted by Crippen LogP contribution is -2.23. The van der Waals surface area contributed by atoms with Gasteiger partial charge in [-0.25, -0.2) is 0 Å². The molecule has 0 aliphatic rings. The van der Waals surface area contributed by atoms with Gasteiger partial charge in [-0.3, -0.25) is 9.78 Å². The van der Waals surface area contributed by atoms with E-state index in [1.54, 1.807) is 18.5 Å². The van der Waals surface area contributed by atoms with Crippen molar-refractivity contribution in [2.24, 2.45) is 0 Å². The fourth-order valence-electron chi connectivity index (χ4n) is 1.79. The lowest BCUT2D eigenvalue weighted by Gasteiger charge is -2.03. The van der Waals surface area contributed by atoms with Gasteiger partial charge in [-0.05, 0) is 36.6 Å². The number of aryl methyl sites for hydroxylation is 1. The fourth-order valence-corrected chi connectivity index (χ4v) is 1.79. The summed E-state index contributed by atoms with van der Waals surface area (Å²) in [5.41, 5.74) is 3.39. The molecule has 1 amide bonds. The number of carbonyl (C=O) groups excluding carboxylic acids is 1. The third-order valence-electron chi connectivity index (χ3n) is 2.95. The van der Waals surface area contributed by atoms with Crippen LogP contribution in [0.1, 0.15) is 16.7 Å². The molecule has 2 aromatic rings. The molecular formula is C17H18N2O. The zero-order valence-electron chi connectivity index (χ0n) is 11.5. The van der Waals surface area contributed by atoms with Gasteiger partial charge in [0.15, 0.2) is 0 Å². The molecule has 0 fully saturated rings. The number of nitrogens with zero attached hydrogens (tertiary/aromatic N) is 1. The van der Waals surface area contributed by atoms with Crippen LogP contribution in [0.4, 0.5) is 0 Å². The third-order valence-corrected chi connectivity index (χ3v) is 2.95. The van der Waals surface area contributed by atoms with Crippen LogP contribution in [-0.2, 0) is 11.2 Å². The van der Waals surface area contributed by atoms with E-state index in [9.17, 15) is 4.79 Å². The number of nitrogens with one attached hydrogen (secondary N) is 1. The molecule has 102 valence electrons. The molecule has 0 radical (unpaired) electrons. The zero-order chi connectivity index (χ0) is 14.2. The zero-order valence-corrected chi connectivity index (χ0v) is 11.5. The predicted molar refractivity (Wildman–Crippen MR) is 81.2 cm³/mol. The summed E-state index contributed by atoms with van der Waals surface area (Å²) in [5.74, 6) is -0.0824. The van der Waals surface area contributed by atoms with E-state index in [1.807, 2.05) is 12.1 Å². The average molecular weight is 266 g/mol. The summed E-state index contributed by atoms with van der Waals surface area (Å²) in [6.07, 6.45) is 7.56. The molecule has 2 rings (SSSR count). The molecule has 0 aliphatic heterocycles. The predicted octanol–water partition coefficient (Wildman–Crippen LogP) is 2.76. The molecule has 0 spiro atoms. The number of benzene rings is 1. The molecule has 1 aromatic carbocycles. The fraction of sp³-hybridized carbons (Fsp3) is 0.176. The molecule has 0 unspecified atom stereocenters. The first-order chi connectivity index (χ1) is 9.74. The first kappa shape index (κ1) is 14.0. The van der Waals surface area contributed by atoms with Gasteiger partial charge in [-0.1, -0.05) is 35.9 Å². The van der Waals surface area contributed by atoms with E-state index in [1.165, 1.54) is 17.2 Å². The van der Waals surface area contributed by atoms with Crippen LogP contribution in [-0.4, -0.2) is 17.4 Å². The van der Waals surface area contributed by atoms with Crippen molar-refractivity contribution in [1.82, 2.24) is 10.3 Å². The van der Waals surface area contributed by atoms with E-state index in [2.05, 4.69) is 41.5 Å². The van der Waals surface area contributed by atoms with Crippen molar-refractivity contribution in [2.75, 3.05) is 6.54 Å². The van der Waals surface area contributed by atoms with Crippen LogP contribution in [0.2, 0.25) is 0 Å². The Morgan fingerprint density at radius 3 is 2.75 bits per heavy atom. The molecular weight excluding hydrogens is 248 g/mol. The monoisotopic (exact) mass is 266 g/mol. The van der Waals surface area contributed by atoms with Crippen LogP contribution in [0.15, 0.2) is 54.9 Å². The Morgan fingerprint density at radius 1 is 1.25 bits per heavy atom. The van der Waals surface area contributed by atoms with Crippen molar-refractivity contribution >= 4 is 12.0 Å². The summed E-state index contributed by atoms with van der Waals surface area (Å²) in [5, 5.41) is 2.87. The standard InChI is InChI=1S/C17H18N2O/c1-14-4-6-15(7-5-14)10-12-19-17(20)9-8-16-3-2-11-18-13-16/h2-9,11,13H,10,12H2,1H3,(H,19,20)/b9-8+. The highest BCUT2D eigenvalue weighted by atomic mass is 16.1. The molecule has 1 heterocycles. The van der Waals surface area contributed by atoms with Crippen LogP contribution in [0.25, 0.3) is 6.08 Å². The first-order valence-corrected chi connectivity index (χ1v) is 6.65. The molecule has 20 heavy (non-hydrogen) atoms. The van der Waals surface area contributed by atoms with Gasteiger partial charge in [0, 0.05) is 25.0 Å². The number of aromatic nitrogens is 1. The average Bonchev–Trinajstić information content (AvgIpc) is 2.48. The van der Waals surface area contributed by atoms with E-state index in [-0.39, 0.29) is 5.91 Å². The Morgan fingerprint density at radius 2 is 2.05 bits per heavy atom. The van der Waals surface area contributed by atoms with Crippen molar-refractivity contribution in [3.63, 3.8) is 0 Å². The van der Waals surface area contributed by atoms with Crippen LogP contribution >= 0.6 is 0 Å². The highest BCUT2D eigenvalue weighted by molar-refractivity contribution is 5.91.